The topological polar surface area (TPSA) is 67.2 Å². The molecular formula is C22H27ClN4O2. The first-order chi connectivity index (χ1) is 14.1. The molecule has 154 valence electrons. The van der Waals surface area contributed by atoms with E-state index in [4.69, 9.17) is 11.6 Å². The minimum atomic E-state index is -0.197. The average Bonchev–Trinajstić information content (AvgIpc) is 2.75. The third-order valence-electron chi connectivity index (χ3n) is 5.98. The number of benzene rings is 1. The second-order valence-electron chi connectivity index (χ2n) is 8.03. The highest BCUT2D eigenvalue weighted by Gasteiger charge is 2.27. The molecular weight excluding hydrogens is 388 g/mol. The zero-order chi connectivity index (χ0) is 20.2. The molecule has 1 saturated carbocycles. The summed E-state index contributed by atoms with van der Waals surface area (Å²) >= 11 is 6.06. The SMILES string of the molecule is O=C(NC1CCCCC1)C1CCN(c2ccc(=O)n(-c3cccc(Cl)c3)n2)CC1. The van der Waals surface area contributed by atoms with E-state index in [0.29, 0.717) is 16.8 Å². The summed E-state index contributed by atoms with van der Waals surface area (Å²) in [4.78, 5) is 27.0. The van der Waals surface area contributed by atoms with Gasteiger partial charge < -0.3 is 10.2 Å². The van der Waals surface area contributed by atoms with Crippen molar-refractivity contribution in [1.82, 2.24) is 15.1 Å². The first-order valence-corrected chi connectivity index (χ1v) is 10.9. The third-order valence-corrected chi connectivity index (χ3v) is 6.22. The molecule has 4 rings (SSSR count). The van der Waals surface area contributed by atoms with E-state index in [9.17, 15) is 9.59 Å². The summed E-state index contributed by atoms with van der Waals surface area (Å²) in [7, 11) is 0. The molecule has 1 N–H and O–H groups in total. The highest BCUT2D eigenvalue weighted by molar-refractivity contribution is 6.30. The van der Waals surface area contributed by atoms with Gasteiger partial charge in [0.2, 0.25) is 5.91 Å². The first kappa shape index (κ1) is 20.0. The molecule has 0 atom stereocenters. The number of nitrogens with one attached hydrogen (secondary N) is 1. The molecule has 2 fully saturated rings. The predicted octanol–water partition coefficient (Wildman–Crippen LogP) is 3.55. The Labute approximate surface area is 175 Å². The van der Waals surface area contributed by atoms with Crippen LogP contribution >= 0.6 is 11.6 Å². The number of carbonyl (C=O) groups excluding carboxylic acids is 1. The van der Waals surface area contributed by atoms with E-state index < -0.39 is 0 Å². The maximum Gasteiger partial charge on any atom is 0.271 e. The van der Waals surface area contributed by atoms with Gasteiger partial charge in [-0.3, -0.25) is 9.59 Å². The fraction of sp³-hybridized carbons (Fsp3) is 0.500. The van der Waals surface area contributed by atoms with Crippen LogP contribution in [0.1, 0.15) is 44.9 Å². The van der Waals surface area contributed by atoms with Crippen molar-refractivity contribution in [3.8, 4) is 5.69 Å². The van der Waals surface area contributed by atoms with Crippen molar-refractivity contribution in [2.75, 3.05) is 18.0 Å². The van der Waals surface area contributed by atoms with E-state index in [2.05, 4.69) is 15.3 Å². The molecule has 1 aromatic heterocycles. The first-order valence-electron chi connectivity index (χ1n) is 10.5. The van der Waals surface area contributed by atoms with Crippen LogP contribution in [-0.2, 0) is 4.79 Å². The van der Waals surface area contributed by atoms with Gasteiger partial charge in [0, 0.05) is 36.1 Å². The summed E-state index contributed by atoms with van der Waals surface area (Å²) in [6.45, 7) is 1.51. The van der Waals surface area contributed by atoms with E-state index >= 15 is 0 Å². The van der Waals surface area contributed by atoms with Gasteiger partial charge in [0.1, 0.15) is 5.82 Å². The lowest BCUT2D eigenvalue weighted by Gasteiger charge is -2.33. The zero-order valence-electron chi connectivity index (χ0n) is 16.5. The number of piperidine rings is 1. The Kier molecular flexibility index (Phi) is 6.19. The van der Waals surface area contributed by atoms with Crippen LogP contribution in [0.2, 0.25) is 5.02 Å². The van der Waals surface area contributed by atoms with Crippen LogP contribution < -0.4 is 15.8 Å². The van der Waals surface area contributed by atoms with Crippen molar-refractivity contribution < 1.29 is 4.79 Å². The molecule has 0 spiro atoms. The quantitative estimate of drug-likeness (QED) is 0.830. The van der Waals surface area contributed by atoms with Crippen LogP contribution in [0.5, 0.6) is 0 Å². The maximum absolute atomic E-state index is 12.6. The Morgan fingerprint density at radius 2 is 1.79 bits per heavy atom. The largest absolute Gasteiger partial charge is 0.355 e. The van der Waals surface area contributed by atoms with Crippen molar-refractivity contribution in [2.45, 2.75) is 51.0 Å². The fourth-order valence-corrected chi connectivity index (χ4v) is 4.48. The Bertz CT molecular complexity index is 915. The number of aromatic nitrogens is 2. The van der Waals surface area contributed by atoms with Crippen LogP contribution in [-0.4, -0.2) is 34.8 Å². The van der Waals surface area contributed by atoms with Crippen LogP contribution in [0.15, 0.2) is 41.2 Å². The van der Waals surface area contributed by atoms with E-state index in [0.717, 1.165) is 44.6 Å². The van der Waals surface area contributed by atoms with Crippen molar-refractivity contribution in [3.05, 3.63) is 51.8 Å². The molecule has 0 radical (unpaired) electrons. The van der Waals surface area contributed by atoms with Gasteiger partial charge in [0.15, 0.2) is 0 Å². The monoisotopic (exact) mass is 414 g/mol. The molecule has 2 aromatic rings. The molecule has 0 unspecified atom stereocenters. The molecule has 2 aliphatic rings. The molecule has 6 nitrogen and oxygen atoms in total. The zero-order valence-corrected chi connectivity index (χ0v) is 17.3. The number of halogens is 1. The molecule has 1 aliphatic heterocycles. The summed E-state index contributed by atoms with van der Waals surface area (Å²) in [6.07, 6.45) is 7.55. The number of amides is 1. The third kappa shape index (κ3) is 4.81. The number of rotatable bonds is 4. The number of hydrogen-bond donors (Lipinski definition) is 1. The lowest BCUT2D eigenvalue weighted by molar-refractivity contribution is -0.126. The van der Waals surface area contributed by atoms with Gasteiger partial charge in [-0.2, -0.15) is 4.68 Å². The standard InChI is InChI=1S/C22H27ClN4O2/c23-17-5-4-8-19(15-17)27-21(28)10-9-20(25-27)26-13-11-16(12-14-26)22(29)24-18-6-2-1-3-7-18/h4-5,8-10,15-16,18H,1-3,6-7,11-14H2,(H,24,29). The van der Waals surface area contributed by atoms with Gasteiger partial charge in [-0.15, -0.1) is 5.10 Å². The minimum absolute atomic E-state index is 0.0620. The van der Waals surface area contributed by atoms with Crippen molar-refractivity contribution in [1.29, 1.82) is 0 Å². The number of anilines is 1. The normalized spacial score (nSPS) is 18.6. The predicted molar refractivity (Wildman–Crippen MR) is 115 cm³/mol. The van der Waals surface area contributed by atoms with Gasteiger partial charge in [-0.25, -0.2) is 0 Å². The minimum Gasteiger partial charge on any atom is -0.355 e. The molecule has 2 heterocycles. The second-order valence-corrected chi connectivity index (χ2v) is 8.46. The molecule has 29 heavy (non-hydrogen) atoms. The number of carbonyl (C=O) groups is 1. The second kappa shape index (κ2) is 8.99. The average molecular weight is 415 g/mol. The highest BCUT2D eigenvalue weighted by Crippen LogP contribution is 2.24. The molecule has 7 heteroatoms. The summed E-state index contributed by atoms with van der Waals surface area (Å²) in [5.41, 5.74) is 0.448. The van der Waals surface area contributed by atoms with Crippen LogP contribution in [0, 0.1) is 5.92 Å². The van der Waals surface area contributed by atoms with Crippen LogP contribution in [0.25, 0.3) is 5.69 Å². The van der Waals surface area contributed by atoms with Crippen LogP contribution in [0.4, 0.5) is 5.82 Å². The van der Waals surface area contributed by atoms with Crippen molar-refractivity contribution in [2.24, 2.45) is 5.92 Å². The van der Waals surface area contributed by atoms with Gasteiger partial charge in [-0.05, 0) is 49.9 Å². The molecule has 1 aromatic carbocycles. The van der Waals surface area contributed by atoms with Gasteiger partial charge in [0.25, 0.3) is 5.56 Å². The van der Waals surface area contributed by atoms with E-state index in [-0.39, 0.29) is 17.4 Å². The molecule has 1 saturated heterocycles. The highest BCUT2D eigenvalue weighted by atomic mass is 35.5. The smallest absolute Gasteiger partial charge is 0.271 e. The van der Waals surface area contributed by atoms with E-state index in [1.54, 1.807) is 24.3 Å². The van der Waals surface area contributed by atoms with Gasteiger partial charge in [-0.1, -0.05) is 36.9 Å². The Hall–Kier alpha value is -2.34. The Balaban J connectivity index is 1.40. The summed E-state index contributed by atoms with van der Waals surface area (Å²) in [5.74, 6) is 1.01. The lowest BCUT2D eigenvalue weighted by atomic mass is 9.92. The fourth-order valence-electron chi connectivity index (χ4n) is 4.30. The van der Waals surface area contributed by atoms with E-state index in [1.165, 1.54) is 30.0 Å². The summed E-state index contributed by atoms with van der Waals surface area (Å²) in [6, 6.07) is 10.7. The Morgan fingerprint density at radius 1 is 1.03 bits per heavy atom. The van der Waals surface area contributed by atoms with Crippen molar-refractivity contribution >= 4 is 23.3 Å². The molecule has 1 aliphatic carbocycles. The summed E-state index contributed by atoms with van der Waals surface area (Å²) < 4.78 is 1.38. The van der Waals surface area contributed by atoms with Gasteiger partial charge in [0.05, 0.1) is 5.69 Å². The molecule has 0 bridgehead atoms. The van der Waals surface area contributed by atoms with Crippen LogP contribution in [0.3, 0.4) is 0 Å². The van der Waals surface area contributed by atoms with Gasteiger partial charge >= 0.3 is 0 Å². The van der Waals surface area contributed by atoms with Crippen molar-refractivity contribution in [3.63, 3.8) is 0 Å². The molecule has 1 amide bonds. The summed E-state index contributed by atoms with van der Waals surface area (Å²) in [5, 5.41) is 8.36. The van der Waals surface area contributed by atoms with E-state index in [1.807, 2.05) is 6.07 Å². The number of hydrogen-bond acceptors (Lipinski definition) is 4. The lowest BCUT2D eigenvalue weighted by Crippen LogP contribution is -2.44. The number of nitrogens with zero attached hydrogens (tertiary/aromatic N) is 3. The Morgan fingerprint density at radius 3 is 2.52 bits per heavy atom. The maximum atomic E-state index is 12.6.